The van der Waals surface area contributed by atoms with E-state index in [1.165, 1.54) is 4.90 Å². The number of ether oxygens (including phenoxy) is 2. The largest absolute Gasteiger partial charge is 0.444 e. The van der Waals surface area contributed by atoms with Gasteiger partial charge in [0.05, 0.1) is 25.8 Å². The first-order chi connectivity index (χ1) is 25.9. The molecule has 2 aliphatic carbocycles. The van der Waals surface area contributed by atoms with Crippen molar-refractivity contribution in [2.75, 3.05) is 40.4 Å². The molecule has 2 saturated carbocycles. The maximum absolute atomic E-state index is 14.5. The average Bonchev–Trinajstić information content (AvgIpc) is 3.41. The number of likely N-dealkylation sites (tertiary alicyclic amines) is 1. The van der Waals surface area contributed by atoms with E-state index in [0.29, 0.717) is 25.3 Å². The zero-order valence-corrected chi connectivity index (χ0v) is 33.1. The van der Waals surface area contributed by atoms with Gasteiger partial charge in [0.25, 0.3) is 5.91 Å². The molecule has 1 unspecified atom stereocenters. The minimum atomic E-state index is -1.25. The molecule has 15 nitrogen and oxygen atoms in total. The van der Waals surface area contributed by atoms with Crippen LogP contribution in [0, 0.1) is 29.1 Å². The van der Waals surface area contributed by atoms with Crippen molar-refractivity contribution in [3.05, 3.63) is 35.9 Å². The van der Waals surface area contributed by atoms with E-state index in [0.717, 1.165) is 32.1 Å². The highest BCUT2D eigenvalue weighted by Crippen LogP contribution is 2.65. The fraction of sp³-hybridized carbons (Fsp3) is 0.675. The average molecular weight is 767 g/mol. The van der Waals surface area contributed by atoms with Crippen molar-refractivity contribution >= 4 is 41.4 Å². The normalized spacial score (nSPS) is 23.5. The summed E-state index contributed by atoms with van der Waals surface area (Å²) in [6.07, 6.45) is 3.82. The fourth-order valence-electron chi connectivity index (χ4n) is 8.33. The van der Waals surface area contributed by atoms with E-state index in [2.05, 4.69) is 21.3 Å². The summed E-state index contributed by atoms with van der Waals surface area (Å²) in [5.74, 6) is -4.35. The number of fused-ring (bicyclic) bond motifs is 1. The number of carbonyl (C=O) groups excluding carboxylic acids is 7. The molecule has 2 heterocycles. The molecule has 0 bridgehead atoms. The molecule has 6 amide bonds. The van der Waals surface area contributed by atoms with Crippen LogP contribution < -0.4 is 21.3 Å². The highest BCUT2D eigenvalue weighted by atomic mass is 16.6. The molecule has 1 aromatic rings. The summed E-state index contributed by atoms with van der Waals surface area (Å²) >= 11 is 0. The van der Waals surface area contributed by atoms with Crippen LogP contribution in [0.1, 0.15) is 84.7 Å². The van der Waals surface area contributed by atoms with E-state index in [9.17, 15) is 33.6 Å². The molecular weight excluding hydrogens is 708 g/mol. The molecular formula is C40H58N6O9. The van der Waals surface area contributed by atoms with E-state index in [1.54, 1.807) is 70.1 Å². The van der Waals surface area contributed by atoms with Crippen molar-refractivity contribution < 1.29 is 43.0 Å². The monoisotopic (exact) mass is 766 g/mol. The third kappa shape index (κ3) is 10.0. The second kappa shape index (κ2) is 17.1. The zero-order valence-electron chi connectivity index (χ0n) is 33.1. The molecule has 4 aliphatic rings. The number of nitrogens with one attached hydrogen (secondary N) is 4. The molecule has 2 saturated heterocycles. The maximum atomic E-state index is 14.5. The molecule has 5 rings (SSSR count). The van der Waals surface area contributed by atoms with E-state index < -0.39 is 65.9 Å². The molecule has 4 fully saturated rings. The van der Waals surface area contributed by atoms with Gasteiger partial charge >= 0.3 is 6.09 Å². The van der Waals surface area contributed by atoms with E-state index >= 15 is 0 Å². The number of amides is 6. The SMILES string of the molecule is CN(C)C(=O)[C@@H](NC(=O)CNC(=O)C(=O)C(CC1COC1)NC(=O)[C@@H]1[C@@H]2[C@H](CN1C(=O)[C@@H](NC(=O)OC(C)(C)C)C1CCCCC1)C2(C)C)c1ccccc1. The minimum absolute atomic E-state index is 0.0378. The van der Waals surface area contributed by atoms with Crippen LogP contribution in [0.3, 0.4) is 0 Å². The van der Waals surface area contributed by atoms with Crippen LogP contribution in [-0.2, 0) is 38.2 Å². The van der Waals surface area contributed by atoms with Gasteiger partial charge in [0.15, 0.2) is 0 Å². The number of ketones is 1. The second-order valence-electron chi connectivity index (χ2n) is 17.3. The lowest BCUT2D eigenvalue weighted by Gasteiger charge is -2.37. The molecule has 0 radical (unpaired) electrons. The minimum Gasteiger partial charge on any atom is -0.444 e. The summed E-state index contributed by atoms with van der Waals surface area (Å²) in [6.45, 7) is 9.78. The summed E-state index contributed by atoms with van der Waals surface area (Å²) in [5, 5.41) is 10.6. The number of piperidine rings is 1. The third-order valence-corrected chi connectivity index (χ3v) is 11.5. The third-order valence-electron chi connectivity index (χ3n) is 11.5. The summed E-state index contributed by atoms with van der Waals surface area (Å²) in [7, 11) is 3.13. The lowest BCUT2D eigenvalue weighted by molar-refractivity contribution is -0.145. The predicted molar refractivity (Wildman–Crippen MR) is 201 cm³/mol. The van der Waals surface area contributed by atoms with Crippen molar-refractivity contribution in [2.24, 2.45) is 29.1 Å². The van der Waals surface area contributed by atoms with Gasteiger partial charge in [-0.05, 0) is 68.8 Å². The first kappa shape index (κ1) is 41.6. The van der Waals surface area contributed by atoms with Gasteiger partial charge in [-0.25, -0.2) is 4.79 Å². The number of hydrogen-bond acceptors (Lipinski definition) is 9. The second-order valence-corrected chi connectivity index (χ2v) is 17.3. The summed E-state index contributed by atoms with van der Waals surface area (Å²) in [6, 6.07) is 4.58. The van der Waals surface area contributed by atoms with Gasteiger partial charge in [-0.2, -0.15) is 0 Å². The van der Waals surface area contributed by atoms with Gasteiger partial charge in [0.1, 0.15) is 23.7 Å². The number of benzene rings is 1. The smallest absolute Gasteiger partial charge is 0.408 e. The first-order valence-electron chi connectivity index (χ1n) is 19.4. The number of Topliss-reactive ketones (excluding diaryl/α,β-unsaturated/α-hetero) is 1. The molecule has 55 heavy (non-hydrogen) atoms. The maximum Gasteiger partial charge on any atom is 0.408 e. The number of likely N-dealkylation sites (N-methyl/N-ethyl adjacent to an activating group) is 1. The van der Waals surface area contributed by atoms with Crippen molar-refractivity contribution in [1.29, 1.82) is 0 Å². The standard InChI is InChI=1S/C40H58N6O9/c1-39(2,3)55-38(53)44-31(25-16-12-9-13-17-25)37(52)46-20-26-29(40(26,4)5)32(46)34(49)42-27(18-23-21-54-22-23)33(48)35(50)41-19-28(47)43-30(36(51)45(6)7)24-14-10-8-11-15-24/h8,10-11,14-15,23,25-27,29-32H,9,12-13,16-22H2,1-7H3,(H,41,50)(H,42,49)(H,43,47)(H,44,53)/t26-,27?,29-,30-,31-,32-/m0/s1. The Morgan fingerprint density at radius 3 is 2.18 bits per heavy atom. The van der Waals surface area contributed by atoms with Crippen molar-refractivity contribution in [2.45, 2.75) is 103 Å². The van der Waals surface area contributed by atoms with Crippen molar-refractivity contribution in [3.63, 3.8) is 0 Å². The van der Waals surface area contributed by atoms with Crippen LogP contribution in [0.2, 0.25) is 0 Å². The number of carbonyl (C=O) groups is 7. The Hall–Kier alpha value is -4.53. The lowest BCUT2D eigenvalue weighted by atomic mass is 9.83. The van der Waals surface area contributed by atoms with E-state index in [1.807, 2.05) is 13.8 Å². The molecule has 15 heteroatoms. The number of hydrogen-bond donors (Lipinski definition) is 4. The Morgan fingerprint density at radius 2 is 1.60 bits per heavy atom. The first-order valence-corrected chi connectivity index (χ1v) is 19.4. The van der Waals surface area contributed by atoms with Crippen LogP contribution in [-0.4, -0.2) is 115 Å². The quantitative estimate of drug-likeness (QED) is 0.205. The van der Waals surface area contributed by atoms with E-state index in [4.69, 9.17) is 9.47 Å². The summed E-state index contributed by atoms with van der Waals surface area (Å²) in [4.78, 5) is 97.5. The Bertz CT molecular complexity index is 1620. The Balaban J connectivity index is 1.29. The summed E-state index contributed by atoms with van der Waals surface area (Å²) in [5.41, 5.74) is -0.464. The molecule has 0 aromatic heterocycles. The Morgan fingerprint density at radius 1 is 0.945 bits per heavy atom. The summed E-state index contributed by atoms with van der Waals surface area (Å²) < 4.78 is 10.8. The molecule has 302 valence electrons. The molecule has 4 N–H and O–H groups in total. The number of alkyl carbamates (subject to hydrolysis) is 1. The van der Waals surface area contributed by atoms with Crippen LogP contribution in [0.15, 0.2) is 30.3 Å². The fourth-order valence-corrected chi connectivity index (χ4v) is 8.33. The highest BCUT2D eigenvalue weighted by molar-refractivity contribution is 6.38. The molecule has 1 aromatic carbocycles. The van der Waals surface area contributed by atoms with Gasteiger partial charge in [-0.3, -0.25) is 28.8 Å². The van der Waals surface area contributed by atoms with Gasteiger partial charge in [-0.15, -0.1) is 0 Å². The van der Waals surface area contributed by atoms with Crippen LogP contribution in [0.25, 0.3) is 0 Å². The van der Waals surface area contributed by atoms with Crippen LogP contribution in [0.5, 0.6) is 0 Å². The van der Waals surface area contributed by atoms with E-state index in [-0.39, 0.29) is 47.3 Å². The Labute approximate surface area is 323 Å². The van der Waals surface area contributed by atoms with Crippen LogP contribution in [0.4, 0.5) is 4.79 Å². The van der Waals surface area contributed by atoms with Gasteiger partial charge in [-0.1, -0.05) is 63.4 Å². The molecule has 6 atom stereocenters. The predicted octanol–water partition coefficient (Wildman–Crippen LogP) is 2.10. The van der Waals surface area contributed by atoms with Gasteiger partial charge in [0.2, 0.25) is 29.4 Å². The van der Waals surface area contributed by atoms with Gasteiger partial charge in [0, 0.05) is 26.6 Å². The highest BCUT2D eigenvalue weighted by Gasteiger charge is 2.70. The number of rotatable bonds is 14. The number of nitrogens with zero attached hydrogens (tertiary/aromatic N) is 2. The van der Waals surface area contributed by atoms with Crippen molar-refractivity contribution in [3.8, 4) is 0 Å². The molecule has 2 aliphatic heterocycles. The topological polar surface area (TPSA) is 193 Å². The molecule has 0 spiro atoms. The van der Waals surface area contributed by atoms with Gasteiger partial charge < -0.3 is 40.5 Å². The lowest BCUT2D eigenvalue weighted by Crippen LogP contribution is -2.60. The Kier molecular flexibility index (Phi) is 12.9. The van der Waals surface area contributed by atoms with Crippen LogP contribution >= 0.6 is 0 Å². The van der Waals surface area contributed by atoms with Crippen molar-refractivity contribution in [1.82, 2.24) is 31.1 Å². The zero-order chi connectivity index (χ0) is 40.2.